The second kappa shape index (κ2) is 12.2. The SMILES string of the molecule is COc1cc(F)c(OC2CCC(C(=O)O)CC2)cc1C(=O)NC1C2CCC(C2)C1C(=O)Nc1cc(C(F)(F)F)ccc1Cl. The van der Waals surface area contributed by atoms with Crippen LogP contribution in [0, 0.1) is 29.5 Å². The number of carbonyl (C=O) groups is 3. The summed E-state index contributed by atoms with van der Waals surface area (Å²) in [5, 5.41) is 14.6. The van der Waals surface area contributed by atoms with Gasteiger partial charge in [-0.15, -0.1) is 0 Å². The highest BCUT2D eigenvalue weighted by molar-refractivity contribution is 6.33. The number of hydrogen-bond acceptors (Lipinski definition) is 5. The molecule has 2 bridgehead atoms. The summed E-state index contributed by atoms with van der Waals surface area (Å²) in [6, 6.07) is 4.32. The van der Waals surface area contributed by atoms with Crippen molar-refractivity contribution in [2.45, 2.75) is 63.3 Å². The zero-order valence-corrected chi connectivity index (χ0v) is 23.9. The fraction of sp³-hybridized carbons (Fsp3) is 0.500. The van der Waals surface area contributed by atoms with E-state index in [9.17, 15) is 37.1 Å². The molecule has 2 amide bonds. The number of anilines is 1. The van der Waals surface area contributed by atoms with Gasteiger partial charge in [0.15, 0.2) is 11.6 Å². The van der Waals surface area contributed by atoms with Crippen molar-refractivity contribution in [1.29, 1.82) is 0 Å². The average molecular weight is 627 g/mol. The molecule has 3 aliphatic rings. The fourth-order valence-corrected chi connectivity index (χ4v) is 6.86. The van der Waals surface area contributed by atoms with Gasteiger partial charge in [0.25, 0.3) is 5.91 Å². The van der Waals surface area contributed by atoms with Gasteiger partial charge in [0.05, 0.1) is 46.9 Å². The van der Waals surface area contributed by atoms with Crippen LogP contribution in [-0.4, -0.2) is 42.1 Å². The van der Waals surface area contributed by atoms with Gasteiger partial charge in [-0.2, -0.15) is 13.2 Å². The van der Waals surface area contributed by atoms with Gasteiger partial charge in [0.2, 0.25) is 5.91 Å². The van der Waals surface area contributed by atoms with Gasteiger partial charge < -0.3 is 25.2 Å². The standard InChI is InChI=1S/C30H31ClF4N2O6/c1-42-23-13-21(32)24(43-18-7-4-14(5-8-18)29(40)41)12-19(23)27(38)37-26-16-3-2-15(10-16)25(26)28(39)36-22-11-17(30(33,34)35)6-9-20(22)31/h6,9,11-16,18,25-26H,2-5,7-8,10H2,1H3,(H,36,39)(H,37,38)(H,40,41). The quantitative estimate of drug-likeness (QED) is 0.296. The second-order valence-corrected chi connectivity index (χ2v) is 11.9. The zero-order valence-electron chi connectivity index (χ0n) is 23.2. The Hall–Kier alpha value is -3.54. The Bertz CT molecular complexity index is 1410. The Balaban J connectivity index is 1.33. The van der Waals surface area contributed by atoms with Crippen LogP contribution in [0.4, 0.5) is 23.2 Å². The number of rotatable bonds is 8. The lowest BCUT2D eigenvalue weighted by molar-refractivity contribution is -0.143. The maximum absolute atomic E-state index is 14.9. The van der Waals surface area contributed by atoms with E-state index in [0.717, 1.165) is 37.1 Å². The number of amides is 2. The molecule has 4 unspecified atom stereocenters. The number of halogens is 5. The van der Waals surface area contributed by atoms with E-state index < -0.39 is 59.3 Å². The number of carboxylic acid groups (broad SMARTS) is 1. The van der Waals surface area contributed by atoms with E-state index in [-0.39, 0.29) is 39.6 Å². The van der Waals surface area contributed by atoms with Crippen molar-refractivity contribution >= 4 is 35.1 Å². The molecule has 0 heterocycles. The highest BCUT2D eigenvalue weighted by Gasteiger charge is 2.51. The lowest BCUT2D eigenvalue weighted by atomic mass is 9.83. The monoisotopic (exact) mass is 626 g/mol. The molecule has 3 N–H and O–H groups in total. The normalized spacial score (nSPS) is 26.6. The molecule has 0 aliphatic heterocycles. The van der Waals surface area contributed by atoms with E-state index in [0.29, 0.717) is 32.1 Å². The lowest BCUT2D eigenvalue weighted by Gasteiger charge is -2.31. The molecule has 0 saturated heterocycles. The van der Waals surface area contributed by atoms with Crippen molar-refractivity contribution in [2.75, 3.05) is 12.4 Å². The number of methoxy groups -OCH3 is 1. The Kier molecular flexibility index (Phi) is 8.78. The van der Waals surface area contributed by atoms with Crippen LogP contribution >= 0.6 is 11.6 Å². The number of carbonyl (C=O) groups excluding carboxylic acids is 2. The van der Waals surface area contributed by atoms with Crippen molar-refractivity contribution < 1.29 is 46.5 Å². The van der Waals surface area contributed by atoms with Gasteiger partial charge in [-0.3, -0.25) is 14.4 Å². The third kappa shape index (κ3) is 6.53. The number of ether oxygens (including phenoxy) is 2. The van der Waals surface area contributed by atoms with Crippen molar-refractivity contribution in [1.82, 2.24) is 5.32 Å². The Morgan fingerprint density at radius 3 is 2.33 bits per heavy atom. The molecular formula is C30H31ClF4N2O6. The molecule has 3 aliphatic carbocycles. The lowest BCUT2D eigenvalue weighted by Crippen LogP contribution is -2.48. The topological polar surface area (TPSA) is 114 Å². The van der Waals surface area contributed by atoms with Gasteiger partial charge in [-0.05, 0) is 81.0 Å². The van der Waals surface area contributed by atoms with Crippen LogP contribution in [0.15, 0.2) is 30.3 Å². The van der Waals surface area contributed by atoms with Crippen molar-refractivity contribution in [3.05, 3.63) is 52.3 Å². The maximum Gasteiger partial charge on any atom is 0.416 e. The van der Waals surface area contributed by atoms with Crippen LogP contribution in [0.3, 0.4) is 0 Å². The summed E-state index contributed by atoms with van der Waals surface area (Å²) in [5.41, 5.74) is -1.14. The van der Waals surface area contributed by atoms with Gasteiger partial charge in [0, 0.05) is 12.1 Å². The number of hydrogen-bond donors (Lipinski definition) is 3. The molecule has 5 rings (SSSR count). The fourth-order valence-electron chi connectivity index (χ4n) is 6.70. The van der Waals surface area contributed by atoms with Crippen LogP contribution in [-0.2, 0) is 15.8 Å². The Labute approximate surface area is 250 Å². The molecular weight excluding hydrogens is 596 g/mol. The van der Waals surface area contributed by atoms with E-state index in [1.807, 2.05) is 0 Å². The van der Waals surface area contributed by atoms with Gasteiger partial charge >= 0.3 is 12.1 Å². The predicted octanol–water partition coefficient (Wildman–Crippen LogP) is 6.31. The maximum atomic E-state index is 14.9. The van der Waals surface area contributed by atoms with Crippen LogP contribution in [0.25, 0.3) is 0 Å². The third-order valence-corrected chi connectivity index (χ3v) is 9.21. The van der Waals surface area contributed by atoms with Crippen molar-refractivity contribution in [3.63, 3.8) is 0 Å². The summed E-state index contributed by atoms with van der Waals surface area (Å²) in [6.07, 6.45) is -1.27. The molecule has 3 fully saturated rings. The van der Waals surface area contributed by atoms with Crippen LogP contribution in [0.1, 0.15) is 60.9 Å². The number of fused-ring (bicyclic) bond motifs is 2. The predicted molar refractivity (Wildman–Crippen MR) is 148 cm³/mol. The van der Waals surface area contributed by atoms with Crippen LogP contribution in [0.2, 0.25) is 5.02 Å². The second-order valence-electron chi connectivity index (χ2n) is 11.5. The van der Waals surface area contributed by atoms with Crippen LogP contribution < -0.4 is 20.1 Å². The molecule has 8 nitrogen and oxygen atoms in total. The molecule has 0 spiro atoms. The third-order valence-electron chi connectivity index (χ3n) is 8.88. The van der Waals surface area contributed by atoms with E-state index in [2.05, 4.69) is 10.6 Å². The van der Waals surface area contributed by atoms with Crippen molar-refractivity contribution in [2.24, 2.45) is 23.7 Å². The molecule has 43 heavy (non-hydrogen) atoms. The van der Waals surface area contributed by atoms with E-state index >= 15 is 0 Å². The summed E-state index contributed by atoms with van der Waals surface area (Å²) >= 11 is 6.09. The highest BCUT2D eigenvalue weighted by Crippen LogP contribution is 2.49. The number of alkyl halides is 3. The summed E-state index contributed by atoms with van der Waals surface area (Å²) in [7, 11) is 1.28. The first-order chi connectivity index (χ1) is 20.3. The minimum absolute atomic E-state index is 0.0130. The first-order valence-electron chi connectivity index (χ1n) is 14.1. The Morgan fingerprint density at radius 1 is 0.977 bits per heavy atom. The van der Waals surface area contributed by atoms with E-state index in [1.165, 1.54) is 13.2 Å². The molecule has 0 radical (unpaired) electrons. The van der Waals surface area contributed by atoms with Crippen molar-refractivity contribution in [3.8, 4) is 11.5 Å². The smallest absolute Gasteiger partial charge is 0.416 e. The van der Waals surface area contributed by atoms with Gasteiger partial charge in [-0.1, -0.05) is 11.6 Å². The summed E-state index contributed by atoms with van der Waals surface area (Å²) in [6.45, 7) is 0. The first kappa shape index (κ1) is 30.9. The molecule has 13 heteroatoms. The molecule has 4 atom stereocenters. The number of nitrogens with one attached hydrogen (secondary N) is 2. The summed E-state index contributed by atoms with van der Waals surface area (Å²) in [4.78, 5) is 38.2. The molecule has 3 saturated carbocycles. The number of carboxylic acids is 1. The van der Waals surface area contributed by atoms with Gasteiger partial charge in [-0.25, -0.2) is 4.39 Å². The van der Waals surface area contributed by atoms with Gasteiger partial charge in [0.1, 0.15) is 5.75 Å². The van der Waals surface area contributed by atoms with E-state index in [1.54, 1.807) is 0 Å². The largest absolute Gasteiger partial charge is 0.496 e. The van der Waals surface area contributed by atoms with E-state index in [4.69, 9.17) is 21.1 Å². The zero-order chi connectivity index (χ0) is 31.1. The number of benzene rings is 2. The number of aliphatic carboxylic acids is 1. The summed E-state index contributed by atoms with van der Waals surface area (Å²) < 4.78 is 65.8. The molecule has 232 valence electrons. The van der Waals surface area contributed by atoms with Crippen LogP contribution in [0.5, 0.6) is 11.5 Å². The molecule has 2 aromatic carbocycles. The minimum Gasteiger partial charge on any atom is -0.496 e. The average Bonchev–Trinajstić information content (AvgIpc) is 3.56. The first-order valence-corrected chi connectivity index (χ1v) is 14.5. The highest BCUT2D eigenvalue weighted by atomic mass is 35.5. The minimum atomic E-state index is -4.62. The molecule has 2 aromatic rings. The summed E-state index contributed by atoms with van der Waals surface area (Å²) in [5.74, 6) is -4.33. The molecule has 0 aromatic heterocycles. The Morgan fingerprint density at radius 2 is 1.67 bits per heavy atom.